The maximum absolute atomic E-state index is 4.48. The second-order valence-corrected chi connectivity index (χ2v) is 3.45. The van der Waals surface area contributed by atoms with Crippen molar-refractivity contribution in [1.82, 2.24) is 14.7 Å². The number of nitrogens with one attached hydrogen (secondary N) is 1. The Morgan fingerprint density at radius 1 is 1.47 bits per heavy atom. The average Bonchev–Trinajstić information content (AvgIpc) is 2.67. The molecule has 0 aliphatic carbocycles. The quantitative estimate of drug-likeness (QED) is 0.592. The normalized spacial score (nSPS) is 10.7. The molecule has 0 aliphatic heterocycles. The van der Waals surface area contributed by atoms with E-state index >= 15 is 0 Å². The Morgan fingerprint density at radius 2 is 2.40 bits per heavy atom. The standard InChI is InChI=1S/C12H15N3/c1-2-3-7-13-9-11-10-15-8-5-4-6-12(15)14-11/h2,4-6,8,10,13H,1,3,7,9H2. The number of hydrogen-bond acceptors (Lipinski definition) is 2. The minimum absolute atomic E-state index is 0.815. The summed E-state index contributed by atoms with van der Waals surface area (Å²) in [5.74, 6) is 0. The first kappa shape index (κ1) is 9.93. The largest absolute Gasteiger partial charge is 0.311 e. The molecule has 0 bridgehead atoms. The van der Waals surface area contributed by atoms with Crippen LogP contribution in [0.3, 0.4) is 0 Å². The second kappa shape index (κ2) is 4.75. The molecule has 0 fully saturated rings. The summed E-state index contributed by atoms with van der Waals surface area (Å²) in [6.45, 7) is 5.45. The van der Waals surface area contributed by atoms with Crippen LogP contribution in [0.4, 0.5) is 0 Å². The monoisotopic (exact) mass is 201 g/mol. The third kappa shape index (κ3) is 2.44. The fourth-order valence-corrected chi connectivity index (χ4v) is 1.49. The van der Waals surface area contributed by atoms with Gasteiger partial charge in [-0.2, -0.15) is 0 Å². The lowest BCUT2D eigenvalue weighted by Gasteiger charge is -1.97. The van der Waals surface area contributed by atoms with Gasteiger partial charge >= 0.3 is 0 Å². The molecule has 0 atom stereocenters. The highest BCUT2D eigenvalue weighted by Crippen LogP contribution is 2.03. The Labute approximate surface area is 89.5 Å². The molecule has 0 unspecified atom stereocenters. The van der Waals surface area contributed by atoms with Gasteiger partial charge in [0.05, 0.1) is 5.69 Å². The van der Waals surface area contributed by atoms with Crippen LogP contribution in [0, 0.1) is 0 Å². The van der Waals surface area contributed by atoms with E-state index in [9.17, 15) is 0 Å². The van der Waals surface area contributed by atoms with Gasteiger partial charge in [-0.25, -0.2) is 4.98 Å². The van der Waals surface area contributed by atoms with E-state index in [0.29, 0.717) is 0 Å². The number of pyridine rings is 1. The molecule has 2 aromatic heterocycles. The summed E-state index contributed by atoms with van der Waals surface area (Å²) < 4.78 is 2.03. The van der Waals surface area contributed by atoms with Gasteiger partial charge in [0, 0.05) is 18.9 Å². The van der Waals surface area contributed by atoms with Gasteiger partial charge in [0.25, 0.3) is 0 Å². The van der Waals surface area contributed by atoms with Gasteiger partial charge in [0.1, 0.15) is 5.65 Å². The molecule has 0 spiro atoms. The fraction of sp³-hybridized carbons (Fsp3) is 0.250. The van der Waals surface area contributed by atoms with Crippen LogP contribution in [0.1, 0.15) is 12.1 Å². The SMILES string of the molecule is C=CCCNCc1cn2ccccc2n1. The van der Waals surface area contributed by atoms with E-state index in [-0.39, 0.29) is 0 Å². The molecule has 15 heavy (non-hydrogen) atoms. The molecule has 0 saturated carbocycles. The number of fused-ring (bicyclic) bond motifs is 1. The van der Waals surface area contributed by atoms with E-state index in [0.717, 1.165) is 30.9 Å². The molecular formula is C12H15N3. The van der Waals surface area contributed by atoms with E-state index in [1.54, 1.807) is 0 Å². The highest BCUT2D eigenvalue weighted by atomic mass is 15.0. The van der Waals surface area contributed by atoms with Crippen molar-refractivity contribution in [3.63, 3.8) is 0 Å². The van der Waals surface area contributed by atoms with Crippen molar-refractivity contribution in [2.24, 2.45) is 0 Å². The van der Waals surface area contributed by atoms with E-state index < -0.39 is 0 Å². The van der Waals surface area contributed by atoms with E-state index in [4.69, 9.17) is 0 Å². The predicted molar refractivity (Wildman–Crippen MR) is 61.7 cm³/mol. The highest BCUT2D eigenvalue weighted by molar-refractivity contribution is 5.39. The Morgan fingerprint density at radius 3 is 3.20 bits per heavy atom. The topological polar surface area (TPSA) is 29.3 Å². The van der Waals surface area contributed by atoms with Crippen LogP contribution in [0.15, 0.2) is 43.2 Å². The first-order chi connectivity index (χ1) is 7.40. The van der Waals surface area contributed by atoms with Gasteiger partial charge in [-0.05, 0) is 25.1 Å². The molecule has 2 rings (SSSR count). The van der Waals surface area contributed by atoms with Crippen LogP contribution in [-0.2, 0) is 6.54 Å². The summed E-state index contributed by atoms with van der Waals surface area (Å²) >= 11 is 0. The summed E-state index contributed by atoms with van der Waals surface area (Å²) in [7, 11) is 0. The van der Waals surface area contributed by atoms with E-state index in [2.05, 4.69) is 23.1 Å². The number of nitrogens with zero attached hydrogens (tertiary/aromatic N) is 2. The lowest BCUT2D eigenvalue weighted by atomic mass is 10.4. The zero-order chi connectivity index (χ0) is 10.5. The average molecular weight is 201 g/mol. The minimum Gasteiger partial charge on any atom is -0.311 e. The number of hydrogen-bond donors (Lipinski definition) is 1. The zero-order valence-electron chi connectivity index (χ0n) is 8.69. The summed E-state index contributed by atoms with van der Waals surface area (Å²) in [5.41, 5.74) is 2.07. The van der Waals surface area contributed by atoms with Crippen LogP contribution in [0.2, 0.25) is 0 Å². The number of rotatable bonds is 5. The molecule has 78 valence electrons. The Bertz CT molecular complexity index is 412. The molecule has 2 aromatic rings. The van der Waals surface area contributed by atoms with Crippen LogP contribution in [0.5, 0.6) is 0 Å². The predicted octanol–water partition coefficient (Wildman–Crippen LogP) is 2.00. The molecule has 0 amide bonds. The minimum atomic E-state index is 0.815. The maximum atomic E-state index is 4.48. The molecule has 0 aromatic carbocycles. The number of imidazole rings is 1. The van der Waals surface area contributed by atoms with Crippen LogP contribution in [0.25, 0.3) is 5.65 Å². The van der Waals surface area contributed by atoms with Crippen molar-refractivity contribution in [2.45, 2.75) is 13.0 Å². The van der Waals surface area contributed by atoms with Gasteiger partial charge in [0.15, 0.2) is 0 Å². The second-order valence-electron chi connectivity index (χ2n) is 3.45. The third-order valence-corrected chi connectivity index (χ3v) is 2.25. The summed E-state index contributed by atoms with van der Waals surface area (Å²) in [6, 6.07) is 6.01. The highest BCUT2D eigenvalue weighted by Gasteiger charge is 1.98. The molecule has 3 heteroatoms. The van der Waals surface area contributed by atoms with Gasteiger partial charge < -0.3 is 9.72 Å². The first-order valence-corrected chi connectivity index (χ1v) is 5.14. The zero-order valence-corrected chi connectivity index (χ0v) is 8.69. The van der Waals surface area contributed by atoms with Gasteiger partial charge in [-0.1, -0.05) is 12.1 Å². The van der Waals surface area contributed by atoms with Gasteiger partial charge in [0.2, 0.25) is 0 Å². The lowest BCUT2D eigenvalue weighted by molar-refractivity contribution is 0.686. The third-order valence-electron chi connectivity index (χ3n) is 2.25. The summed E-state index contributed by atoms with van der Waals surface area (Å²) in [6.07, 6.45) is 6.97. The maximum Gasteiger partial charge on any atom is 0.137 e. The van der Waals surface area contributed by atoms with Crippen molar-refractivity contribution in [2.75, 3.05) is 6.54 Å². The molecule has 3 nitrogen and oxygen atoms in total. The van der Waals surface area contributed by atoms with Crippen LogP contribution >= 0.6 is 0 Å². The molecule has 0 saturated heterocycles. The summed E-state index contributed by atoms with van der Waals surface area (Å²) in [4.78, 5) is 4.48. The van der Waals surface area contributed by atoms with Crippen molar-refractivity contribution in [3.8, 4) is 0 Å². The van der Waals surface area contributed by atoms with Gasteiger partial charge in [-0.15, -0.1) is 6.58 Å². The molecule has 1 N–H and O–H groups in total. The fourth-order valence-electron chi connectivity index (χ4n) is 1.49. The van der Waals surface area contributed by atoms with Crippen molar-refractivity contribution >= 4 is 5.65 Å². The number of aromatic nitrogens is 2. The van der Waals surface area contributed by atoms with Crippen molar-refractivity contribution in [1.29, 1.82) is 0 Å². The van der Waals surface area contributed by atoms with Crippen molar-refractivity contribution < 1.29 is 0 Å². The van der Waals surface area contributed by atoms with Gasteiger partial charge in [-0.3, -0.25) is 0 Å². The Hall–Kier alpha value is -1.61. The van der Waals surface area contributed by atoms with Crippen LogP contribution < -0.4 is 5.32 Å². The Balaban J connectivity index is 1.99. The van der Waals surface area contributed by atoms with Crippen LogP contribution in [-0.4, -0.2) is 15.9 Å². The molecule has 0 aliphatic rings. The lowest BCUT2D eigenvalue weighted by Crippen LogP contribution is -2.14. The molecule has 2 heterocycles. The van der Waals surface area contributed by atoms with E-state index in [1.165, 1.54) is 0 Å². The molecule has 0 radical (unpaired) electrons. The Kier molecular flexibility index (Phi) is 3.15. The first-order valence-electron chi connectivity index (χ1n) is 5.14. The summed E-state index contributed by atoms with van der Waals surface area (Å²) in [5, 5.41) is 3.32. The smallest absolute Gasteiger partial charge is 0.137 e. The van der Waals surface area contributed by atoms with Crippen molar-refractivity contribution in [3.05, 3.63) is 48.9 Å². The molecular weight excluding hydrogens is 186 g/mol. The van der Waals surface area contributed by atoms with E-state index in [1.807, 2.05) is 34.9 Å².